The lowest BCUT2D eigenvalue weighted by Gasteiger charge is -2.37. The minimum Gasteiger partial charge on any atom is -0.493 e. The third-order valence-corrected chi connectivity index (χ3v) is 8.12. The Morgan fingerprint density at radius 2 is 1.65 bits per heavy atom. The zero-order valence-corrected chi connectivity index (χ0v) is 25.3. The van der Waals surface area contributed by atoms with Gasteiger partial charge in [-0.2, -0.15) is 0 Å². The van der Waals surface area contributed by atoms with E-state index in [1.807, 2.05) is 79.7 Å². The first-order valence-corrected chi connectivity index (χ1v) is 14.8. The fourth-order valence-electron chi connectivity index (χ4n) is 5.94. The van der Waals surface area contributed by atoms with E-state index in [9.17, 15) is 9.59 Å². The summed E-state index contributed by atoms with van der Waals surface area (Å²) < 4.78 is 23.0. The number of nitrogens with one attached hydrogen (secondary N) is 1. The quantitative estimate of drug-likeness (QED) is 0.193. The molecule has 3 aromatic carbocycles. The van der Waals surface area contributed by atoms with Gasteiger partial charge in [-0.3, -0.25) is 4.79 Å². The van der Waals surface area contributed by atoms with Crippen molar-refractivity contribution in [3.63, 3.8) is 0 Å². The third-order valence-electron chi connectivity index (χ3n) is 8.12. The molecule has 1 aliphatic carbocycles. The first-order chi connectivity index (χ1) is 20.9. The molecule has 0 unspecified atom stereocenters. The number of unbranched alkanes of at least 4 members (excludes halogenated alkanes) is 1. The van der Waals surface area contributed by atoms with Crippen molar-refractivity contribution in [2.75, 3.05) is 20.8 Å². The second-order valence-electron chi connectivity index (χ2n) is 10.9. The van der Waals surface area contributed by atoms with Gasteiger partial charge in [0.1, 0.15) is 12.4 Å². The molecule has 2 aliphatic rings. The molecule has 0 amide bonds. The van der Waals surface area contributed by atoms with Crippen LogP contribution in [0.4, 0.5) is 0 Å². The standard InChI is InChI=1S/C36H39NO6/c1-5-6-18-42-36(39)33-23(2)37-28-19-26(25-16-17-31(40-3)32(21-25)41-4)20-29(38)35(28)34(33)27-14-10-11-15-30(27)43-22-24-12-8-7-9-13-24/h7-17,21,26,34,37H,5-6,18-20,22H2,1-4H3/t26-,34-/m1/s1. The van der Waals surface area contributed by atoms with Crippen molar-refractivity contribution in [2.24, 2.45) is 0 Å². The minimum absolute atomic E-state index is 0.0113. The molecule has 224 valence electrons. The van der Waals surface area contributed by atoms with Crippen molar-refractivity contribution in [1.82, 2.24) is 5.32 Å². The van der Waals surface area contributed by atoms with Gasteiger partial charge in [-0.05, 0) is 55.0 Å². The Bertz CT molecular complexity index is 1540. The average Bonchev–Trinajstić information content (AvgIpc) is 3.03. The number of rotatable bonds is 11. The van der Waals surface area contributed by atoms with Crippen molar-refractivity contribution in [2.45, 2.75) is 58.0 Å². The van der Waals surface area contributed by atoms with Crippen LogP contribution in [-0.4, -0.2) is 32.6 Å². The molecular weight excluding hydrogens is 542 g/mol. The first kappa shape index (κ1) is 30.0. The van der Waals surface area contributed by atoms with Crippen LogP contribution in [0.15, 0.2) is 95.3 Å². The van der Waals surface area contributed by atoms with Gasteiger partial charge in [-0.1, -0.05) is 67.9 Å². The number of Topliss-reactive ketones (excluding diaryl/α,β-unsaturated/α-hetero) is 1. The maximum atomic E-state index is 14.1. The van der Waals surface area contributed by atoms with Crippen molar-refractivity contribution >= 4 is 11.8 Å². The summed E-state index contributed by atoms with van der Waals surface area (Å²) >= 11 is 0. The summed E-state index contributed by atoms with van der Waals surface area (Å²) in [4.78, 5) is 27.8. The molecule has 0 saturated heterocycles. The lowest BCUT2D eigenvalue weighted by Crippen LogP contribution is -2.36. The monoisotopic (exact) mass is 581 g/mol. The second kappa shape index (κ2) is 13.6. The molecule has 0 fully saturated rings. The summed E-state index contributed by atoms with van der Waals surface area (Å²) in [5.74, 6) is 0.795. The molecule has 0 spiro atoms. The highest BCUT2D eigenvalue weighted by Gasteiger charge is 2.42. The average molecular weight is 582 g/mol. The van der Waals surface area contributed by atoms with E-state index in [1.165, 1.54) is 0 Å². The van der Waals surface area contributed by atoms with Gasteiger partial charge < -0.3 is 24.3 Å². The smallest absolute Gasteiger partial charge is 0.336 e. The Kier molecular flexibility index (Phi) is 9.50. The molecule has 0 aromatic heterocycles. The number of esters is 1. The fraction of sp³-hybridized carbons (Fsp3) is 0.333. The molecule has 0 bridgehead atoms. The number of para-hydroxylation sites is 1. The van der Waals surface area contributed by atoms with E-state index >= 15 is 0 Å². The zero-order valence-electron chi connectivity index (χ0n) is 25.3. The maximum Gasteiger partial charge on any atom is 0.336 e. The number of methoxy groups -OCH3 is 2. The van der Waals surface area contributed by atoms with Gasteiger partial charge in [0.25, 0.3) is 0 Å². The van der Waals surface area contributed by atoms with Crippen molar-refractivity contribution in [3.8, 4) is 17.2 Å². The predicted octanol–water partition coefficient (Wildman–Crippen LogP) is 6.99. The Morgan fingerprint density at radius 3 is 2.40 bits per heavy atom. The summed E-state index contributed by atoms with van der Waals surface area (Å²) in [6, 6.07) is 23.4. The number of hydrogen-bond acceptors (Lipinski definition) is 7. The lowest BCUT2D eigenvalue weighted by molar-refractivity contribution is -0.139. The second-order valence-corrected chi connectivity index (χ2v) is 10.9. The van der Waals surface area contributed by atoms with Crippen molar-refractivity contribution in [1.29, 1.82) is 0 Å². The number of dihydropyridines is 1. The number of ketones is 1. The van der Waals surface area contributed by atoms with Crippen LogP contribution in [0.1, 0.15) is 68.1 Å². The van der Waals surface area contributed by atoms with E-state index < -0.39 is 11.9 Å². The Morgan fingerprint density at radius 1 is 0.907 bits per heavy atom. The van der Waals surface area contributed by atoms with Gasteiger partial charge in [-0.15, -0.1) is 0 Å². The van der Waals surface area contributed by atoms with Gasteiger partial charge in [0.2, 0.25) is 0 Å². The molecule has 5 rings (SSSR count). The third kappa shape index (κ3) is 6.46. The van der Waals surface area contributed by atoms with Gasteiger partial charge in [0.05, 0.1) is 32.3 Å². The van der Waals surface area contributed by atoms with Crippen LogP contribution >= 0.6 is 0 Å². The topological polar surface area (TPSA) is 83.1 Å². The normalized spacial score (nSPS) is 18.1. The number of carbonyl (C=O) groups excluding carboxylic acids is 2. The predicted molar refractivity (Wildman–Crippen MR) is 165 cm³/mol. The van der Waals surface area contributed by atoms with Gasteiger partial charge in [0.15, 0.2) is 17.3 Å². The number of hydrogen-bond donors (Lipinski definition) is 1. The van der Waals surface area contributed by atoms with Crippen LogP contribution < -0.4 is 19.5 Å². The molecule has 7 nitrogen and oxygen atoms in total. The fourth-order valence-corrected chi connectivity index (χ4v) is 5.94. The number of allylic oxidation sites excluding steroid dienone is 3. The van der Waals surface area contributed by atoms with E-state index in [2.05, 4.69) is 12.2 Å². The SMILES string of the molecule is CCCCOC(=O)C1=C(C)NC2=C(C(=O)C[C@H](c3ccc(OC)c(OC)c3)C2)[C@@H]1c1ccccc1OCc1ccccc1. The molecule has 43 heavy (non-hydrogen) atoms. The Hall–Kier alpha value is -4.52. The summed E-state index contributed by atoms with van der Waals surface area (Å²) in [6.07, 6.45) is 2.59. The van der Waals surface area contributed by atoms with Crippen LogP contribution in [0.2, 0.25) is 0 Å². The minimum atomic E-state index is -0.615. The maximum absolute atomic E-state index is 14.1. The zero-order chi connectivity index (χ0) is 30.3. The molecule has 3 aromatic rings. The summed E-state index contributed by atoms with van der Waals surface area (Å²) in [5.41, 5.74) is 5.34. The van der Waals surface area contributed by atoms with Crippen LogP contribution in [-0.2, 0) is 20.9 Å². The largest absolute Gasteiger partial charge is 0.493 e. The van der Waals surface area contributed by atoms with Crippen LogP contribution in [0.5, 0.6) is 17.2 Å². The number of carbonyl (C=O) groups is 2. The van der Waals surface area contributed by atoms with Crippen LogP contribution in [0, 0.1) is 0 Å². The number of benzene rings is 3. The van der Waals surface area contributed by atoms with Gasteiger partial charge in [0, 0.05) is 29.0 Å². The van der Waals surface area contributed by atoms with Gasteiger partial charge >= 0.3 is 5.97 Å². The molecule has 1 N–H and O–H groups in total. The molecule has 0 saturated carbocycles. The Labute approximate surface area is 253 Å². The first-order valence-electron chi connectivity index (χ1n) is 14.8. The summed E-state index contributed by atoms with van der Waals surface area (Å²) in [6.45, 7) is 4.62. The highest BCUT2D eigenvalue weighted by atomic mass is 16.5. The van der Waals surface area contributed by atoms with E-state index in [1.54, 1.807) is 14.2 Å². The summed E-state index contributed by atoms with van der Waals surface area (Å²) in [7, 11) is 3.21. The van der Waals surface area contributed by atoms with E-state index in [0.717, 1.165) is 35.2 Å². The van der Waals surface area contributed by atoms with Crippen molar-refractivity contribution in [3.05, 3.63) is 112 Å². The highest BCUT2D eigenvalue weighted by molar-refractivity contribution is 6.04. The van der Waals surface area contributed by atoms with Gasteiger partial charge in [-0.25, -0.2) is 4.79 Å². The lowest BCUT2D eigenvalue weighted by atomic mass is 9.71. The summed E-state index contributed by atoms with van der Waals surface area (Å²) in [5, 5.41) is 3.44. The highest BCUT2D eigenvalue weighted by Crippen LogP contribution is 2.48. The molecule has 0 radical (unpaired) electrons. The molecule has 7 heteroatoms. The van der Waals surface area contributed by atoms with Crippen LogP contribution in [0.25, 0.3) is 0 Å². The van der Waals surface area contributed by atoms with E-state index in [0.29, 0.717) is 60.1 Å². The van der Waals surface area contributed by atoms with Crippen molar-refractivity contribution < 1.29 is 28.5 Å². The molecule has 2 atom stereocenters. The number of ether oxygens (including phenoxy) is 4. The molecular formula is C36H39NO6. The van der Waals surface area contributed by atoms with E-state index in [-0.39, 0.29) is 11.7 Å². The Balaban J connectivity index is 1.55. The van der Waals surface area contributed by atoms with E-state index in [4.69, 9.17) is 18.9 Å². The van der Waals surface area contributed by atoms with Crippen LogP contribution in [0.3, 0.4) is 0 Å². The molecule has 1 heterocycles. The molecule has 1 aliphatic heterocycles.